The van der Waals surface area contributed by atoms with Gasteiger partial charge in [0.05, 0.1) is 11.2 Å². The van der Waals surface area contributed by atoms with Crippen molar-refractivity contribution in [2.24, 2.45) is 0 Å². The zero-order valence-electron chi connectivity index (χ0n) is 11.5. The van der Waals surface area contributed by atoms with E-state index in [0.717, 1.165) is 0 Å². The number of nitrogens with zero attached hydrogens (tertiary/aromatic N) is 2. The van der Waals surface area contributed by atoms with E-state index in [0.29, 0.717) is 0 Å². The first-order chi connectivity index (χ1) is 8.49. The highest BCUT2D eigenvalue weighted by Crippen LogP contribution is 2.19. The molecule has 0 fully saturated rings. The normalized spacial score (nSPS) is 11.1. The molecular formula is C12H19BN2O4. The largest absolute Gasteiger partial charge is 0.490 e. The van der Waals surface area contributed by atoms with Crippen molar-refractivity contribution in [2.75, 3.05) is 0 Å². The molecule has 7 heteroatoms. The molecule has 0 aliphatic heterocycles. The molecule has 1 heterocycles. The quantitative estimate of drug-likeness (QED) is 0.518. The number of nitriles is 1. The summed E-state index contributed by atoms with van der Waals surface area (Å²) in [6.45, 7) is 6.31. The molecule has 0 unspecified atom stereocenters. The van der Waals surface area contributed by atoms with Crippen molar-refractivity contribution in [1.29, 1.82) is 5.26 Å². The van der Waals surface area contributed by atoms with Gasteiger partial charge in [-0.3, -0.25) is 0 Å². The molecule has 0 aromatic carbocycles. The van der Waals surface area contributed by atoms with Crippen LogP contribution in [0.3, 0.4) is 0 Å². The number of aliphatic hydroxyl groups is 2. The van der Waals surface area contributed by atoms with Crippen LogP contribution in [0.5, 0.6) is 0 Å². The van der Waals surface area contributed by atoms with Gasteiger partial charge in [-0.2, -0.15) is 5.26 Å². The molecule has 0 aliphatic carbocycles. The lowest BCUT2D eigenvalue weighted by molar-refractivity contribution is -0.107. The molecule has 4 N–H and O–H groups in total. The lowest BCUT2D eigenvalue weighted by atomic mass is 9.82. The molecule has 0 aliphatic rings. The van der Waals surface area contributed by atoms with Crippen LogP contribution < -0.4 is 5.46 Å². The zero-order valence-corrected chi connectivity index (χ0v) is 11.5. The molecule has 104 valence electrons. The minimum absolute atomic E-state index is 0.259. The third-order valence-corrected chi connectivity index (χ3v) is 2.70. The Kier molecular flexibility index (Phi) is 6.13. The van der Waals surface area contributed by atoms with Gasteiger partial charge >= 0.3 is 7.12 Å². The highest BCUT2D eigenvalue weighted by molar-refractivity contribution is 6.58. The summed E-state index contributed by atoms with van der Waals surface area (Å²) in [5.74, 6) is 0. The van der Waals surface area contributed by atoms with Gasteiger partial charge < -0.3 is 20.3 Å². The number of pyridine rings is 1. The number of rotatable bonds is 2. The van der Waals surface area contributed by atoms with Gasteiger partial charge in [0.15, 0.2) is 0 Å². The molecule has 1 aromatic rings. The summed E-state index contributed by atoms with van der Waals surface area (Å²) in [6.07, 6.45) is 1.25. The maximum atomic E-state index is 9.10. The fourth-order valence-corrected chi connectivity index (χ4v) is 0.624. The van der Waals surface area contributed by atoms with Crippen molar-refractivity contribution < 1.29 is 20.3 Å². The van der Waals surface area contributed by atoms with Gasteiger partial charge in [-0.15, -0.1) is 0 Å². The minimum Gasteiger partial charge on any atom is -0.423 e. The molecule has 1 aromatic heterocycles. The molecule has 0 atom stereocenters. The lowest BCUT2D eigenvalue weighted by Gasteiger charge is -2.31. The molecule has 1 rings (SSSR count). The monoisotopic (exact) mass is 266 g/mol. The predicted octanol–water partition coefficient (Wildman–Crippen LogP) is -0.839. The molecular weight excluding hydrogens is 247 g/mol. The average molecular weight is 266 g/mol. The van der Waals surface area contributed by atoms with Gasteiger partial charge in [0, 0.05) is 11.7 Å². The van der Waals surface area contributed by atoms with E-state index in [9.17, 15) is 0 Å². The van der Waals surface area contributed by atoms with E-state index in [4.69, 9.17) is 25.5 Å². The second-order valence-corrected chi connectivity index (χ2v) is 5.08. The molecule has 0 bridgehead atoms. The van der Waals surface area contributed by atoms with Gasteiger partial charge in [0.25, 0.3) is 0 Å². The summed E-state index contributed by atoms with van der Waals surface area (Å²) in [5.41, 5.74) is -1.47. The number of hydrogen-bond donors (Lipinski definition) is 4. The molecule has 19 heavy (non-hydrogen) atoms. The molecule has 0 amide bonds. The number of hydrogen-bond acceptors (Lipinski definition) is 6. The summed E-state index contributed by atoms with van der Waals surface area (Å²) in [7, 11) is -1.52. The van der Waals surface area contributed by atoms with E-state index in [2.05, 4.69) is 4.98 Å². The van der Waals surface area contributed by atoms with Crippen molar-refractivity contribution in [3.63, 3.8) is 0 Å². The van der Waals surface area contributed by atoms with Gasteiger partial charge in [-0.25, -0.2) is 4.98 Å². The summed E-state index contributed by atoms with van der Waals surface area (Å²) in [4.78, 5) is 3.64. The van der Waals surface area contributed by atoms with Crippen LogP contribution in [-0.4, -0.2) is 43.6 Å². The Morgan fingerprint density at radius 3 is 1.79 bits per heavy atom. The fraction of sp³-hybridized carbons (Fsp3) is 0.500. The van der Waals surface area contributed by atoms with Crippen molar-refractivity contribution in [3.8, 4) is 6.07 Å². The van der Waals surface area contributed by atoms with Gasteiger partial charge in [-0.1, -0.05) is 6.07 Å². The van der Waals surface area contributed by atoms with Crippen LogP contribution in [0.1, 0.15) is 33.4 Å². The summed E-state index contributed by atoms with van der Waals surface area (Å²) in [5, 5.41) is 43.8. The molecule has 0 radical (unpaired) electrons. The molecule has 0 spiro atoms. The van der Waals surface area contributed by atoms with Crippen LogP contribution in [0.25, 0.3) is 0 Å². The zero-order chi connectivity index (χ0) is 15.3. The standard InChI is InChI=1S/C6H5BN2O2.C6H14O2/c8-3-6-2-1-5(4-9-6)7(10)11;1-5(2,7)6(3,4)8/h1-2,4,10-11H;7-8H,1-4H3. The maximum Gasteiger partial charge on any atom is 0.490 e. The first-order valence-corrected chi connectivity index (χ1v) is 5.66. The predicted molar refractivity (Wildman–Crippen MR) is 71.4 cm³/mol. The Morgan fingerprint density at radius 2 is 1.58 bits per heavy atom. The third kappa shape index (κ3) is 6.31. The Hall–Kier alpha value is -1.46. The van der Waals surface area contributed by atoms with E-state index >= 15 is 0 Å². The summed E-state index contributed by atoms with van der Waals surface area (Å²) in [6, 6.07) is 4.68. The van der Waals surface area contributed by atoms with Gasteiger partial charge in [0.1, 0.15) is 11.8 Å². The van der Waals surface area contributed by atoms with Crippen LogP contribution >= 0.6 is 0 Å². The highest BCUT2D eigenvalue weighted by Gasteiger charge is 2.31. The Morgan fingerprint density at radius 1 is 1.11 bits per heavy atom. The van der Waals surface area contributed by atoms with E-state index in [-0.39, 0.29) is 11.2 Å². The highest BCUT2D eigenvalue weighted by atomic mass is 16.4. The summed E-state index contributed by atoms with van der Waals surface area (Å²) >= 11 is 0. The van der Waals surface area contributed by atoms with Gasteiger partial charge in [-0.05, 0) is 33.8 Å². The molecule has 0 saturated carbocycles. The van der Waals surface area contributed by atoms with Crippen LogP contribution in [0.2, 0.25) is 0 Å². The van der Waals surface area contributed by atoms with Gasteiger partial charge in [0.2, 0.25) is 0 Å². The average Bonchev–Trinajstić information content (AvgIpc) is 2.27. The van der Waals surface area contributed by atoms with Crippen molar-refractivity contribution in [2.45, 2.75) is 38.9 Å². The third-order valence-electron chi connectivity index (χ3n) is 2.70. The topological polar surface area (TPSA) is 118 Å². The Bertz CT molecular complexity index is 415. The second kappa shape index (κ2) is 6.64. The number of aromatic nitrogens is 1. The first-order valence-electron chi connectivity index (χ1n) is 5.66. The smallest absolute Gasteiger partial charge is 0.423 e. The second-order valence-electron chi connectivity index (χ2n) is 5.08. The van der Waals surface area contributed by atoms with E-state index in [1.54, 1.807) is 27.7 Å². The van der Waals surface area contributed by atoms with Crippen LogP contribution in [0, 0.1) is 11.3 Å². The van der Waals surface area contributed by atoms with Crippen molar-refractivity contribution in [1.82, 2.24) is 4.98 Å². The Balaban J connectivity index is 0.000000362. The van der Waals surface area contributed by atoms with E-state index in [1.807, 2.05) is 6.07 Å². The SMILES string of the molecule is CC(C)(O)C(C)(C)O.N#Cc1ccc(B(O)O)cn1. The van der Waals surface area contributed by atoms with Crippen molar-refractivity contribution in [3.05, 3.63) is 24.0 Å². The van der Waals surface area contributed by atoms with Crippen LogP contribution in [-0.2, 0) is 0 Å². The van der Waals surface area contributed by atoms with Crippen LogP contribution in [0.15, 0.2) is 18.3 Å². The minimum atomic E-state index is -1.52. The van der Waals surface area contributed by atoms with Crippen molar-refractivity contribution >= 4 is 12.6 Å². The molecule has 0 saturated heterocycles. The molecule has 6 nitrogen and oxygen atoms in total. The fourth-order valence-electron chi connectivity index (χ4n) is 0.624. The Labute approximate surface area is 113 Å². The lowest BCUT2D eigenvalue weighted by Crippen LogP contribution is -2.44. The first kappa shape index (κ1) is 17.5. The van der Waals surface area contributed by atoms with E-state index < -0.39 is 18.3 Å². The van der Waals surface area contributed by atoms with Crippen LogP contribution in [0.4, 0.5) is 0 Å². The maximum absolute atomic E-state index is 9.10. The van der Waals surface area contributed by atoms with E-state index in [1.165, 1.54) is 18.3 Å². The summed E-state index contributed by atoms with van der Waals surface area (Å²) < 4.78 is 0.